The first-order valence-electron chi connectivity index (χ1n) is 5.18. The summed E-state index contributed by atoms with van der Waals surface area (Å²) in [4.78, 5) is 0.341. The largest absolute Gasteiger partial charge is 0.352 e. The lowest BCUT2D eigenvalue weighted by molar-refractivity contribution is 0.520. The first kappa shape index (κ1) is 13.2. The molecule has 5 nitrogen and oxygen atoms in total. The molecule has 0 radical (unpaired) electrons. The Bertz CT molecular complexity index is 449. The SMILES string of the molecule is CCNCc1cc(S(=O)(=O)N(C)C)cn1C. The molecule has 0 aliphatic rings. The van der Waals surface area contributed by atoms with E-state index in [0.29, 0.717) is 11.4 Å². The van der Waals surface area contributed by atoms with Gasteiger partial charge in [-0.15, -0.1) is 0 Å². The molecule has 1 aromatic rings. The number of aromatic nitrogens is 1. The summed E-state index contributed by atoms with van der Waals surface area (Å²) in [5.41, 5.74) is 0.960. The van der Waals surface area contributed by atoms with Gasteiger partial charge in [0, 0.05) is 39.6 Å². The monoisotopic (exact) mass is 245 g/mol. The standard InChI is InChI=1S/C10H19N3O2S/c1-5-11-7-9-6-10(8-13(9)4)16(14,15)12(2)3/h6,8,11H,5,7H2,1-4H3. The molecule has 16 heavy (non-hydrogen) atoms. The zero-order chi connectivity index (χ0) is 12.3. The molecule has 0 unspecified atom stereocenters. The van der Waals surface area contributed by atoms with E-state index in [1.165, 1.54) is 18.4 Å². The van der Waals surface area contributed by atoms with Crippen LogP contribution in [0.25, 0.3) is 0 Å². The average Bonchev–Trinajstić information content (AvgIpc) is 2.57. The van der Waals surface area contributed by atoms with Crippen molar-refractivity contribution in [3.05, 3.63) is 18.0 Å². The zero-order valence-corrected chi connectivity index (χ0v) is 11.0. The van der Waals surface area contributed by atoms with Gasteiger partial charge < -0.3 is 9.88 Å². The summed E-state index contributed by atoms with van der Waals surface area (Å²) in [6.07, 6.45) is 1.64. The third-order valence-electron chi connectivity index (χ3n) is 2.42. The van der Waals surface area contributed by atoms with E-state index in [4.69, 9.17) is 0 Å². The molecule has 0 aliphatic carbocycles. The Balaban J connectivity index is 3.01. The molecule has 92 valence electrons. The lowest BCUT2D eigenvalue weighted by Crippen LogP contribution is -2.21. The van der Waals surface area contributed by atoms with Gasteiger partial charge in [-0.2, -0.15) is 0 Å². The van der Waals surface area contributed by atoms with Crippen molar-refractivity contribution >= 4 is 10.0 Å². The molecule has 1 N–H and O–H groups in total. The number of hydrogen-bond donors (Lipinski definition) is 1. The molecule has 0 bridgehead atoms. The van der Waals surface area contributed by atoms with E-state index in [1.807, 2.05) is 18.5 Å². The Morgan fingerprint density at radius 2 is 2.06 bits per heavy atom. The Morgan fingerprint density at radius 1 is 1.44 bits per heavy atom. The molecule has 0 saturated heterocycles. The molecule has 1 heterocycles. The highest BCUT2D eigenvalue weighted by Crippen LogP contribution is 2.16. The van der Waals surface area contributed by atoms with Crippen LogP contribution in [0.1, 0.15) is 12.6 Å². The number of rotatable bonds is 5. The second-order valence-corrected chi connectivity index (χ2v) is 6.00. The van der Waals surface area contributed by atoms with Crippen LogP contribution in [0.15, 0.2) is 17.2 Å². The topological polar surface area (TPSA) is 54.3 Å². The summed E-state index contributed by atoms with van der Waals surface area (Å²) in [6, 6.07) is 1.71. The highest BCUT2D eigenvalue weighted by atomic mass is 32.2. The average molecular weight is 245 g/mol. The van der Waals surface area contributed by atoms with Crippen LogP contribution in [-0.4, -0.2) is 37.9 Å². The van der Waals surface area contributed by atoms with Crippen LogP contribution < -0.4 is 5.32 Å². The highest BCUT2D eigenvalue weighted by molar-refractivity contribution is 7.89. The van der Waals surface area contributed by atoms with Gasteiger partial charge in [0.2, 0.25) is 10.0 Å². The van der Waals surface area contributed by atoms with E-state index in [9.17, 15) is 8.42 Å². The van der Waals surface area contributed by atoms with E-state index in [1.54, 1.807) is 12.3 Å². The summed E-state index contributed by atoms with van der Waals surface area (Å²) < 4.78 is 26.8. The molecule has 0 amide bonds. The van der Waals surface area contributed by atoms with Crippen LogP contribution >= 0.6 is 0 Å². The molecular formula is C10H19N3O2S. The summed E-state index contributed by atoms with van der Waals surface area (Å²) in [5, 5.41) is 3.17. The zero-order valence-electron chi connectivity index (χ0n) is 10.2. The van der Waals surface area contributed by atoms with E-state index >= 15 is 0 Å². The maximum Gasteiger partial charge on any atom is 0.244 e. The Kier molecular flexibility index (Phi) is 4.12. The smallest absolute Gasteiger partial charge is 0.244 e. The van der Waals surface area contributed by atoms with Crippen molar-refractivity contribution in [2.45, 2.75) is 18.4 Å². The predicted octanol–water partition coefficient (Wildman–Crippen LogP) is 0.385. The van der Waals surface area contributed by atoms with Gasteiger partial charge in [0.05, 0.1) is 0 Å². The van der Waals surface area contributed by atoms with Crippen molar-refractivity contribution in [3.63, 3.8) is 0 Å². The van der Waals surface area contributed by atoms with Gasteiger partial charge in [-0.1, -0.05) is 6.92 Å². The number of sulfonamides is 1. The summed E-state index contributed by atoms with van der Waals surface area (Å²) >= 11 is 0. The molecule has 0 aliphatic heterocycles. The molecule has 0 saturated carbocycles. The van der Waals surface area contributed by atoms with Crippen molar-refractivity contribution < 1.29 is 8.42 Å². The maximum absolute atomic E-state index is 11.9. The number of nitrogens with zero attached hydrogens (tertiary/aromatic N) is 2. The van der Waals surface area contributed by atoms with E-state index < -0.39 is 10.0 Å². The first-order valence-corrected chi connectivity index (χ1v) is 6.62. The second-order valence-electron chi connectivity index (χ2n) is 3.85. The number of hydrogen-bond acceptors (Lipinski definition) is 3. The van der Waals surface area contributed by atoms with Gasteiger partial charge in [0.25, 0.3) is 0 Å². The fourth-order valence-corrected chi connectivity index (χ4v) is 2.36. The second kappa shape index (κ2) is 4.99. The van der Waals surface area contributed by atoms with Crippen LogP contribution in [0, 0.1) is 0 Å². The highest BCUT2D eigenvalue weighted by Gasteiger charge is 2.19. The van der Waals surface area contributed by atoms with E-state index in [2.05, 4.69) is 5.32 Å². The third-order valence-corrected chi connectivity index (χ3v) is 4.20. The fourth-order valence-electron chi connectivity index (χ4n) is 1.36. The van der Waals surface area contributed by atoms with Crippen LogP contribution in [0.3, 0.4) is 0 Å². The van der Waals surface area contributed by atoms with Crippen LogP contribution in [-0.2, 0) is 23.6 Å². The van der Waals surface area contributed by atoms with Gasteiger partial charge in [-0.3, -0.25) is 0 Å². The normalized spacial score (nSPS) is 12.3. The summed E-state index contributed by atoms with van der Waals surface area (Å²) in [6.45, 7) is 3.55. The molecule has 0 spiro atoms. The predicted molar refractivity (Wildman–Crippen MR) is 63.7 cm³/mol. The molecule has 0 fully saturated rings. The van der Waals surface area contributed by atoms with E-state index in [-0.39, 0.29) is 0 Å². The molecular weight excluding hydrogens is 226 g/mol. The fraction of sp³-hybridized carbons (Fsp3) is 0.600. The van der Waals surface area contributed by atoms with E-state index in [0.717, 1.165) is 12.2 Å². The van der Waals surface area contributed by atoms with Crippen LogP contribution in [0.4, 0.5) is 0 Å². The molecule has 1 rings (SSSR count). The van der Waals surface area contributed by atoms with Gasteiger partial charge >= 0.3 is 0 Å². The van der Waals surface area contributed by atoms with Gasteiger partial charge in [0.15, 0.2) is 0 Å². The van der Waals surface area contributed by atoms with Gasteiger partial charge in [-0.25, -0.2) is 12.7 Å². The molecule has 0 atom stereocenters. The third kappa shape index (κ3) is 2.63. The maximum atomic E-state index is 11.9. The Morgan fingerprint density at radius 3 is 2.56 bits per heavy atom. The first-order chi connectivity index (χ1) is 7.39. The molecule has 1 aromatic heterocycles. The van der Waals surface area contributed by atoms with Crippen molar-refractivity contribution in [2.75, 3.05) is 20.6 Å². The summed E-state index contributed by atoms with van der Waals surface area (Å²) in [7, 11) is 1.60. The van der Waals surface area contributed by atoms with Crippen molar-refractivity contribution in [1.82, 2.24) is 14.2 Å². The molecule has 0 aromatic carbocycles. The lowest BCUT2D eigenvalue weighted by Gasteiger charge is -2.08. The van der Waals surface area contributed by atoms with Crippen LogP contribution in [0.2, 0.25) is 0 Å². The molecule has 6 heteroatoms. The van der Waals surface area contributed by atoms with Gasteiger partial charge in [-0.05, 0) is 12.6 Å². The number of aryl methyl sites for hydroxylation is 1. The van der Waals surface area contributed by atoms with Crippen LogP contribution in [0.5, 0.6) is 0 Å². The lowest BCUT2D eigenvalue weighted by atomic mass is 10.4. The van der Waals surface area contributed by atoms with Crippen molar-refractivity contribution in [2.24, 2.45) is 7.05 Å². The van der Waals surface area contributed by atoms with Crippen molar-refractivity contribution in [1.29, 1.82) is 0 Å². The minimum absolute atomic E-state index is 0.341. The van der Waals surface area contributed by atoms with Crippen molar-refractivity contribution in [3.8, 4) is 0 Å². The number of nitrogens with one attached hydrogen (secondary N) is 1. The Labute approximate surface area is 97.1 Å². The summed E-state index contributed by atoms with van der Waals surface area (Å²) in [5.74, 6) is 0. The van der Waals surface area contributed by atoms with Gasteiger partial charge in [0.1, 0.15) is 4.90 Å². The minimum Gasteiger partial charge on any atom is -0.352 e. The quantitative estimate of drug-likeness (QED) is 0.816. The Hall–Kier alpha value is -0.850. The minimum atomic E-state index is -3.32.